The van der Waals surface area contributed by atoms with E-state index in [0.717, 1.165) is 23.5 Å². The van der Waals surface area contributed by atoms with E-state index in [1.165, 1.54) is 18.6 Å². The molecular formula is C21H13Cl2FN2O6S. The maximum Gasteiger partial charge on any atom is 0.346 e. The number of thiophene rings is 1. The molecule has 2 aromatic heterocycles. The van der Waals surface area contributed by atoms with E-state index in [1.54, 1.807) is 12.1 Å². The van der Waals surface area contributed by atoms with Crippen molar-refractivity contribution in [2.75, 3.05) is 7.11 Å². The molecule has 0 amide bonds. The van der Waals surface area contributed by atoms with Gasteiger partial charge in [-0.25, -0.2) is 18.5 Å². The Balaban J connectivity index is 1.78. The third-order valence-electron chi connectivity index (χ3n) is 4.76. The third-order valence-corrected chi connectivity index (χ3v) is 6.57. The Hall–Kier alpha value is -3.34. The van der Waals surface area contributed by atoms with E-state index in [9.17, 15) is 23.9 Å². The van der Waals surface area contributed by atoms with Gasteiger partial charge in [-0.2, -0.15) is 0 Å². The summed E-state index contributed by atoms with van der Waals surface area (Å²) < 4.78 is 26.1. The first-order valence-corrected chi connectivity index (χ1v) is 10.8. The van der Waals surface area contributed by atoms with Gasteiger partial charge in [0.1, 0.15) is 28.8 Å². The summed E-state index contributed by atoms with van der Waals surface area (Å²) >= 11 is 13.1. The van der Waals surface area contributed by atoms with Gasteiger partial charge in [0.05, 0.1) is 39.3 Å². The Morgan fingerprint density at radius 2 is 2.00 bits per heavy atom. The molecule has 12 heteroatoms. The molecule has 2 aromatic carbocycles. The predicted molar refractivity (Wildman–Crippen MR) is 122 cm³/mol. The first kappa shape index (κ1) is 22.8. The fourth-order valence-corrected chi connectivity index (χ4v) is 4.44. The number of hydrogen-bond donors (Lipinski definition) is 2. The normalized spacial score (nSPS) is 11.0. The van der Waals surface area contributed by atoms with Gasteiger partial charge in [0.2, 0.25) is 0 Å². The topological polar surface area (TPSA) is 111 Å². The third kappa shape index (κ3) is 4.08. The van der Waals surface area contributed by atoms with Crippen molar-refractivity contribution in [3.8, 4) is 17.2 Å². The lowest BCUT2D eigenvalue weighted by molar-refractivity contribution is 0.0704. The van der Waals surface area contributed by atoms with E-state index in [2.05, 4.69) is 4.98 Å². The van der Waals surface area contributed by atoms with Gasteiger partial charge in [-0.05, 0) is 24.3 Å². The van der Waals surface area contributed by atoms with Crippen molar-refractivity contribution in [3.05, 3.63) is 82.9 Å². The van der Waals surface area contributed by atoms with Gasteiger partial charge in [-0.3, -0.25) is 4.79 Å². The van der Waals surface area contributed by atoms with E-state index in [0.29, 0.717) is 15.9 Å². The summed E-state index contributed by atoms with van der Waals surface area (Å²) in [6.45, 7) is -0.106. The number of aromatic carboxylic acids is 1. The van der Waals surface area contributed by atoms with Crippen LogP contribution in [0.5, 0.6) is 11.5 Å². The predicted octanol–water partition coefficient (Wildman–Crippen LogP) is 4.47. The molecule has 4 rings (SSSR count). The van der Waals surface area contributed by atoms with Gasteiger partial charge in [-0.1, -0.05) is 23.2 Å². The van der Waals surface area contributed by atoms with Crippen LogP contribution in [-0.4, -0.2) is 27.7 Å². The Labute approximate surface area is 198 Å². The molecule has 2 N–H and O–H groups in total. The molecule has 8 nitrogen and oxygen atoms in total. The van der Waals surface area contributed by atoms with Crippen LogP contribution < -0.4 is 20.7 Å². The van der Waals surface area contributed by atoms with Gasteiger partial charge in [0.25, 0.3) is 5.56 Å². The highest BCUT2D eigenvalue weighted by Crippen LogP contribution is 2.34. The number of carboxylic acid groups (broad SMARTS) is 1. The zero-order valence-corrected chi connectivity index (χ0v) is 19.0. The quantitative estimate of drug-likeness (QED) is 0.395. The van der Waals surface area contributed by atoms with Gasteiger partial charge in [0.15, 0.2) is 0 Å². The van der Waals surface area contributed by atoms with E-state index < -0.39 is 28.7 Å². The summed E-state index contributed by atoms with van der Waals surface area (Å²) in [4.78, 5) is 39.1. The smallest absolute Gasteiger partial charge is 0.346 e. The number of nitrogens with zero attached hydrogens (tertiary/aromatic N) is 1. The average Bonchev–Trinajstić information content (AvgIpc) is 3.21. The lowest BCUT2D eigenvalue weighted by atomic mass is 10.2. The monoisotopic (exact) mass is 510 g/mol. The molecule has 33 heavy (non-hydrogen) atoms. The largest absolute Gasteiger partial charge is 0.496 e. The number of aromatic amines is 1. The number of benzene rings is 2. The van der Waals surface area contributed by atoms with Crippen molar-refractivity contribution in [2.24, 2.45) is 0 Å². The Morgan fingerprint density at radius 3 is 2.70 bits per heavy atom. The van der Waals surface area contributed by atoms with E-state index in [-0.39, 0.29) is 38.2 Å². The van der Waals surface area contributed by atoms with E-state index >= 15 is 0 Å². The minimum Gasteiger partial charge on any atom is -0.496 e. The zero-order chi connectivity index (χ0) is 23.9. The number of H-pyrrole nitrogens is 1. The van der Waals surface area contributed by atoms with E-state index in [4.69, 9.17) is 32.7 Å². The number of halogens is 3. The standard InChI is InChI=1S/C21H13Cl2FN2O6S/c1-31-15-5-3-11(22)17(23)10(15)7-32-9-2-4-12(24)14(6-9)26-19(27)16-13(25-21(26)30)8-33-18(16)20(28)29/h2-6,8H,7H2,1H3,(H,25,30)(H,28,29). The fraction of sp³-hybridized carbons (Fsp3) is 0.0952. The second-order valence-electron chi connectivity index (χ2n) is 6.67. The van der Waals surface area contributed by atoms with Gasteiger partial charge < -0.3 is 19.6 Å². The van der Waals surface area contributed by atoms with Crippen molar-refractivity contribution in [3.63, 3.8) is 0 Å². The number of nitrogens with one attached hydrogen (secondary N) is 1. The highest BCUT2D eigenvalue weighted by Gasteiger charge is 2.21. The SMILES string of the molecule is COc1ccc(Cl)c(Cl)c1COc1ccc(F)c(-n2c(=O)[nH]c3csc(C(=O)O)c3c2=O)c1. The fourth-order valence-electron chi connectivity index (χ4n) is 3.22. The molecule has 0 atom stereocenters. The van der Waals surface area contributed by atoms with Gasteiger partial charge >= 0.3 is 11.7 Å². The Kier molecular flexibility index (Phi) is 6.15. The number of methoxy groups -OCH3 is 1. The highest BCUT2D eigenvalue weighted by atomic mass is 35.5. The average molecular weight is 511 g/mol. The molecule has 0 aliphatic carbocycles. The van der Waals surface area contributed by atoms with Crippen LogP contribution in [0.4, 0.5) is 4.39 Å². The summed E-state index contributed by atoms with van der Waals surface area (Å²) in [5.74, 6) is -1.70. The molecule has 0 saturated heterocycles. The number of hydrogen-bond acceptors (Lipinski definition) is 6. The number of carboxylic acids is 1. The second kappa shape index (κ2) is 8.89. The van der Waals surface area contributed by atoms with Crippen LogP contribution in [0.25, 0.3) is 16.6 Å². The molecular weight excluding hydrogens is 498 g/mol. The molecule has 0 bridgehead atoms. The van der Waals surface area contributed by atoms with Crippen molar-refractivity contribution >= 4 is 51.4 Å². The van der Waals surface area contributed by atoms with Crippen LogP contribution in [0.3, 0.4) is 0 Å². The van der Waals surface area contributed by atoms with Crippen LogP contribution in [0.15, 0.2) is 45.3 Å². The van der Waals surface area contributed by atoms with Gasteiger partial charge in [-0.15, -0.1) is 11.3 Å². The molecule has 0 radical (unpaired) electrons. The maximum absolute atomic E-state index is 14.7. The lowest BCUT2D eigenvalue weighted by Gasteiger charge is -2.14. The van der Waals surface area contributed by atoms with Crippen molar-refractivity contribution in [1.82, 2.24) is 9.55 Å². The molecule has 0 fully saturated rings. The number of ether oxygens (including phenoxy) is 2. The minimum absolute atomic E-state index is 0.0548. The number of aromatic nitrogens is 2. The molecule has 0 saturated carbocycles. The zero-order valence-electron chi connectivity index (χ0n) is 16.6. The number of rotatable bonds is 6. The summed E-state index contributed by atoms with van der Waals surface area (Å²) in [5, 5.41) is 10.9. The molecule has 2 heterocycles. The van der Waals surface area contributed by atoms with Gasteiger partial charge in [0, 0.05) is 11.4 Å². The first-order chi connectivity index (χ1) is 15.7. The summed E-state index contributed by atoms with van der Waals surface area (Å²) in [7, 11) is 1.45. The number of fused-ring (bicyclic) bond motifs is 1. The Bertz CT molecular complexity index is 1530. The van der Waals surface area contributed by atoms with E-state index in [1.807, 2.05) is 0 Å². The van der Waals surface area contributed by atoms with Crippen LogP contribution in [-0.2, 0) is 6.61 Å². The van der Waals surface area contributed by atoms with Crippen LogP contribution >= 0.6 is 34.5 Å². The minimum atomic E-state index is -1.34. The van der Waals surface area contributed by atoms with Crippen molar-refractivity contribution < 1.29 is 23.8 Å². The summed E-state index contributed by atoms with van der Waals surface area (Å²) in [5.41, 5.74) is -1.81. The Morgan fingerprint density at radius 1 is 1.24 bits per heavy atom. The van der Waals surface area contributed by atoms with Crippen molar-refractivity contribution in [1.29, 1.82) is 0 Å². The van der Waals surface area contributed by atoms with Crippen LogP contribution in [0.1, 0.15) is 15.2 Å². The second-order valence-corrected chi connectivity index (χ2v) is 8.34. The molecule has 0 aliphatic heterocycles. The maximum atomic E-state index is 14.7. The molecule has 170 valence electrons. The molecule has 4 aromatic rings. The summed E-state index contributed by atoms with van der Waals surface area (Å²) in [6, 6.07) is 6.64. The molecule has 0 aliphatic rings. The van der Waals surface area contributed by atoms with Crippen LogP contribution in [0.2, 0.25) is 10.0 Å². The lowest BCUT2D eigenvalue weighted by Crippen LogP contribution is -2.34. The number of carbonyl (C=O) groups is 1. The summed E-state index contributed by atoms with van der Waals surface area (Å²) in [6.07, 6.45) is 0. The molecule has 0 spiro atoms. The highest BCUT2D eigenvalue weighted by molar-refractivity contribution is 7.13. The van der Waals surface area contributed by atoms with Crippen molar-refractivity contribution in [2.45, 2.75) is 6.61 Å². The van der Waals surface area contributed by atoms with Crippen LogP contribution in [0, 0.1) is 5.82 Å². The molecule has 0 unspecified atom stereocenters. The first-order valence-electron chi connectivity index (χ1n) is 9.16.